The first-order valence-corrected chi connectivity index (χ1v) is 4.95. The third kappa shape index (κ3) is 3.78. The molecule has 0 radical (unpaired) electrons. The zero-order chi connectivity index (χ0) is 11.4. The molecule has 0 aromatic carbocycles. The van der Waals surface area contributed by atoms with Gasteiger partial charge in [0.05, 0.1) is 6.07 Å². The van der Waals surface area contributed by atoms with Crippen LogP contribution in [-0.2, 0) is 4.79 Å². The number of nitrogens with one attached hydrogen (secondary N) is 1. The third-order valence-electron chi connectivity index (χ3n) is 2.22. The van der Waals surface area contributed by atoms with Crippen molar-refractivity contribution < 1.29 is 4.79 Å². The maximum atomic E-state index is 11.7. The van der Waals surface area contributed by atoms with E-state index in [0.717, 1.165) is 0 Å². The van der Waals surface area contributed by atoms with Gasteiger partial charge < -0.3 is 5.32 Å². The van der Waals surface area contributed by atoms with Gasteiger partial charge >= 0.3 is 0 Å². The molecule has 0 spiro atoms. The number of hydrogen-bond donors (Lipinski definition) is 1. The van der Waals surface area contributed by atoms with Crippen molar-refractivity contribution in [1.29, 1.82) is 5.26 Å². The lowest BCUT2D eigenvalue weighted by Crippen LogP contribution is -2.41. The van der Waals surface area contributed by atoms with E-state index in [1.54, 1.807) is 0 Å². The molecule has 80 valence electrons. The topological polar surface area (TPSA) is 52.9 Å². The predicted octanol–water partition coefficient (Wildman–Crippen LogP) is 1.94. The molecule has 0 fully saturated rings. The van der Waals surface area contributed by atoms with Crippen LogP contribution < -0.4 is 5.32 Å². The largest absolute Gasteiger partial charge is 0.343 e. The number of nitriles is 1. The van der Waals surface area contributed by atoms with E-state index < -0.39 is 0 Å². The van der Waals surface area contributed by atoms with Crippen molar-refractivity contribution >= 4 is 5.91 Å². The zero-order valence-corrected chi connectivity index (χ0v) is 9.72. The average molecular weight is 196 g/mol. The maximum Gasteiger partial charge on any atom is 0.224 e. The Hall–Kier alpha value is -1.04. The van der Waals surface area contributed by atoms with Crippen LogP contribution in [0, 0.1) is 28.6 Å². The van der Waals surface area contributed by atoms with Gasteiger partial charge in [0.2, 0.25) is 5.91 Å². The molecule has 1 atom stereocenters. The van der Waals surface area contributed by atoms with Crippen LogP contribution >= 0.6 is 0 Å². The summed E-state index contributed by atoms with van der Waals surface area (Å²) in [6.07, 6.45) is 0. The van der Waals surface area contributed by atoms with E-state index in [2.05, 4.69) is 5.32 Å². The van der Waals surface area contributed by atoms with Crippen LogP contribution in [0.1, 0.15) is 34.6 Å². The Kier molecular flexibility index (Phi) is 4.62. The third-order valence-corrected chi connectivity index (χ3v) is 2.22. The van der Waals surface area contributed by atoms with Crippen LogP contribution in [0.5, 0.6) is 0 Å². The molecule has 0 aliphatic heterocycles. The lowest BCUT2D eigenvalue weighted by atomic mass is 9.74. The Morgan fingerprint density at radius 1 is 1.43 bits per heavy atom. The molecule has 0 saturated carbocycles. The Labute approximate surface area is 86.5 Å². The molecule has 1 unspecified atom stereocenters. The monoisotopic (exact) mass is 196 g/mol. The van der Waals surface area contributed by atoms with Crippen molar-refractivity contribution in [3.63, 3.8) is 0 Å². The smallest absolute Gasteiger partial charge is 0.224 e. The SMILES string of the molecule is CC(C)C(C(=O)NCC#N)C(C)(C)C. The molecule has 0 aliphatic rings. The van der Waals surface area contributed by atoms with Crippen molar-refractivity contribution in [3.05, 3.63) is 0 Å². The van der Waals surface area contributed by atoms with E-state index in [1.807, 2.05) is 40.7 Å². The zero-order valence-electron chi connectivity index (χ0n) is 9.72. The fourth-order valence-electron chi connectivity index (χ4n) is 1.93. The highest BCUT2D eigenvalue weighted by Gasteiger charge is 2.33. The van der Waals surface area contributed by atoms with Gasteiger partial charge in [0.15, 0.2) is 0 Å². The van der Waals surface area contributed by atoms with E-state index in [1.165, 1.54) is 0 Å². The lowest BCUT2D eigenvalue weighted by Gasteiger charge is -2.32. The van der Waals surface area contributed by atoms with Crippen LogP contribution in [0.4, 0.5) is 0 Å². The standard InChI is InChI=1S/C11H20N2O/c1-8(2)9(11(3,4)5)10(14)13-7-6-12/h8-9H,7H2,1-5H3,(H,13,14). The molecular weight excluding hydrogens is 176 g/mol. The van der Waals surface area contributed by atoms with Gasteiger partial charge in [-0.05, 0) is 11.3 Å². The van der Waals surface area contributed by atoms with E-state index in [0.29, 0.717) is 0 Å². The van der Waals surface area contributed by atoms with Gasteiger partial charge in [-0.25, -0.2) is 0 Å². The van der Waals surface area contributed by atoms with Gasteiger partial charge in [-0.1, -0.05) is 34.6 Å². The normalized spacial score (nSPS) is 13.5. The highest BCUT2D eigenvalue weighted by Crippen LogP contribution is 2.31. The van der Waals surface area contributed by atoms with Crippen molar-refractivity contribution in [2.24, 2.45) is 17.3 Å². The second-order valence-electron chi connectivity index (χ2n) is 4.96. The first-order chi connectivity index (χ1) is 6.30. The molecule has 0 rings (SSSR count). The second-order valence-corrected chi connectivity index (χ2v) is 4.96. The fraction of sp³-hybridized carbons (Fsp3) is 0.818. The Balaban J connectivity index is 4.53. The van der Waals surface area contributed by atoms with Crippen molar-refractivity contribution in [2.75, 3.05) is 6.54 Å². The van der Waals surface area contributed by atoms with Crippen LogP contribution in [0.3, 0.4) is 0 Å². The van der Waals surface area contributed by atoms with E-state index in [9.17, 15) is 4.79 Å². The van der Waals surface area contributed by atoms with Gasteiger partial charge in [0, 0.05) is 5.92 Å². The average Bonchev–Trinajstić information content (AvgIpc) is 1.97. The highest BCUT2D eigenvalue weighted by atomic mass is 16.1. The summed E-state index contributed by atoms with van der Waals surface area (Å²) >= 11 is 0. The minimum absolute atomic E-state index is 0.0194. The van der Waals surface area contributed by atoms with Gasteiger partial charge in [-0.15, -0.1) is 0 Å². The minimum Gasteiger partial charge on any atom is -0.343 e. The van der Waals surface area contributed by atoms with Crippen LogP contribution in [-0.4, -0.2) is 12.5 Å². The molecule has 1 amide bonds. The quantitative estimate of drug-likeness (QED) is 0.701. The summed E-state index contributed by atoms with van der Waals surface area (Å²) in [4.78, 5) is 11.7. The second kappa shape index (κ2) is 4.99. The predicted molar refractivity (Wildman–Crippen MR) is 56.4 cm³/mol. The number of nitrogens with zero attached hydrogens (tertiary/aromatic N) is 1. The van der Waals surface area contributed by atoms with Crippen molar-refractivity contribution in [3.8, 4) is 6.07 Å². The molecule has 0 aromatic rings. The van der Waals surface area contributed by atoms with Gasteiger partial charge in [-0.2, -0.15) is 5.26 Å². The summed E-state index contributed by atoms with van der Waals surface area (Å²) < 4.78 is 0. The van der Waals surface area contributed by atoms with Crippen molar-refractivity contribution in [2.45, 2.75) is 34.6 Å². The molecule has 1 N–H and O–H groups in total. The lowest BCUT2D eigenvalue weighted by molar-refractivity contribution is -0.129. The first kappa shape index (κ1) is 13.0. The molecular formula is C11H20N2O. The summed E-state index contributed by atoms with van der Waals surface area (Å²) in [5, 5.41) is 11.0. The molecule has 0 aliphatic carbocycles. The summed E-state index contributed by atoms with van der Waals surface area (Å²) in [7, 11) is 0. The number of carbonyl (C=O) groups is 1. The molecule has 0 heterocycles. The maximum absolute atomic E-state index is 11.7. The summed E-state index contributed by atoms with van der Waals surface area (Å²) in [5.41, 5.74) is -0.0618. The Morgan fingerprint density at radius 2 is 1.93 bits per heavy atom. The first-order valence-electron chi connectivity index (χ1n) is 4.95. The van der Waals surface area contributed by atoms with Gasteiger partial charge in [-0.3, -0.25) is 4.79 Å². The molecule has 3 nitrogen and oxygen atoms in total. The molecule has 3 heteroatoms. The van der Waals surface area contributed by atoms with Crippen LogP contribution in [0.2, 0.25) is 0 Å². The van der Waals surface area contributed by atoms with Gasteiger partial charge in [0.1, 0.15) is 6.54 Å². The number of hydrogen-bond acceptors (Lipinski definition) is 2. The number of rotatable bonds is 3. The van der Waals surface area contributed by atoms with Crippen LogP contribution in [0.15, 0.2) is 0 Å². The molecule has 0 bridgehead atoms. The van der Waals surface area contributed by atoms with E-state index >= 15 is 0 Å². The minimum atomic E-state index is -0.0618. The fourth-order valence-corrected chi connectivity index (χ4v) is 1.93. The molecule has 0 saturated heterocycles. The molecule has 0 aromatic heterocycles. The summed E-state index contributed by atoms with van der Waals surface area (Å²) in [6, 6.07) is 1.91. The van der Waals surface area contributed by atoms with Crippen LogP contribution in [0.25, 0.3) is 0 Å². The Morgan fingerprint density at radius 3 is 2.21 bits per heavy atom. The summed E-state index contributed by atoms with van der Waals surface area (Å²) in [5.74, 6) is 0.221. The number of amides is 1. The van der Waals surface area contributed by atoms with E-state index in [-0.39, 0.29) is 29.7 Å². The Bertz CT molecular complexity index is 233. The molecule has 14 heavy (non-hydrogen) atoms. The summed E-state index contributed by atoms with van der Waals surface area (Å²) in [6.45, 7) is 10.3. The highest BCUT2D eigenvalue weighted by molar-refractivity contribution is 5.79. The number of carbonyl (C=O) groups excluding carboxylic acids is 1. The van der Waals surface area contributed by atoms with Crippen molar-refractivity contribution in [1.82, 2.24) is 5.32 Å². The van der Waals surface area contributed by atoms with Gasteiger partial charge in [0.25, 0.3) is 0 Å². The van der Waals surface area contributed by atoms with E-state index in [4.69, 9.17) is 5.26 Å².